The highest BCUT2D eigenvalue weighted by molar-refractivity contribution is 9.10. The Hall–Kier alpha value is -0.570. The second-order valence-electron chi connectivity index (χ2n) is 5.55. The fourth-order valence-corrected chi connectivity index (χ4v) is 4.13. The zero-order valence-corrected chi connectivity index (χ0v) is 14.8. The van der Waals surface area contributed by atoms with Crippen LogP contribution in [0.15, 0.2) is 27.8 Å². The Balaban J connectivity index is 1.86. The first-order valence-corrected chi connectivity index (χ1v) is 9.38. The number of thioether (sulfide) groups is 1. The normalized spacial score (nSPS) is 24.9. The van der Waals surface area contributed by atoms with Crippen LogP contribution in [0.2, 0.25) is 0 Å². The molecular formula is C16H22BrN3S. The Morgan fingerprint density at radius 3 is 3.10 bits per heavy atom. The number of nitrogens with zero attached hydrogens (tertiary/aromatic N) is 2. The number of hydrogen-bond acceptors (Lipinski definition) is 4. The first kappa shape index (κ1) is 16.8. The van der Waals surface area contributed by atoms with Gasteiger partial charge < -0.3 is 0 Å². The molecule has 0 aromatic carbocycles. The molecule has 0 aliphatic heterocycles. The maximum Gasteiger partial charge on any atom is 0.109 e. The van der Waals surface area contributed by atoms with Crippen molar-refractivity contribution in [2.45, 2.75) is 49.6 Å². The van der Waals surface area contributed by atoms with Gasteiger partial charge in [0.05, 0.1) is 11.1 Å². The van der Waals surface area contributed by atoms with E-state index in [0.29, 0.717) is 5.92 Å². The van der Waals surface area contributed by atoms with Crippen molar-refractivity contribution in [1.29, 1.82) is 5.26 Å². The van der Waals surface area contributed by atoms with Gasteiger partial charge in [0, 0.05) is 10.7 Å². The van der Waals surface area contributed by atoms with Crippen LogP contribution in [0.25, 0.3) is 0 Å². The molecule has 5 heteroatoms. The standard InChI is InChI=1S/C16H22BrN3S/c1-2-9-20-16(12-18)8-3-4-13(16)7-10-21-15-6-5-14(17)11-19-15/h5-6,11,13,20H,2-4,7-10H2,1H3. The second kappa shape index (κ2) is 8.17. The number of pyridine rings is 1. The van der Waals surface area contributed by atoms with Crippen LogP contribution in [0.1, 0.15) is 39.0 Å². The Bertz CT molecular complexity index is 485. The summed E-state index contributed by atoms with van der Waals surface area (Å²) in [5.74, 6) is 1.49. The molecule has 2 atom stereocenters. The highest BCUT2D eigenvalue weighted by Crippen LogP contribution is 2.38. The lowest BCUT2D eigenvalue weighted by molar-refractivity contribution is 0.311. The van der Waals surface area contributed by atoms with Crippen molar-refractivity contribution in [3.8, 4) is 6.07 Å². The van der Waals surface area contributed by atoms with Crippen molar-refractivity contribution < 1.29 is 0 Å². The van der Waals surface area contributed by atoms with Gasteiger partial charge >= 0.3 is 0 Å². The summed E-state index contributed by atoms with van der Waals surface area (Å²) in [5.41, 5.74) is -0.288. The highest BCUT2D eigenvalue weighted by atomic mass is 79.9. The molecule has 1 aromatic heterocycles. The number of rotatable bonds is 7. The van der Waals surface area contributed by atoms with Crippen LogP contribution in [-0.4, -0.2) is 22.8 Å². The smallest absolute Gasteiger partial charge is 0.109 e. The first-order chi connectivity index (χ1) is 10.2. The van der Waals surface area contributed by atoms with E-state index in [-0.39, 0.29) is 5.54 Å². The van der Waals surface area contributed by atoms with Crippen molar-refractivity contribution in [1.82, 2.24) is 10.3 Å². The molecule has 1 heterocycles. The van der Waals surface area contributed by atoms with Crippen LogP contribution in [0, 0.1) is 17.2 Å². The predicted molar refractivity (Wildman–Crippen MR) is 91.3 cm³/mol. The van der Waals surface area contributed by atoms with Gasteiger partial charge in [0.1, 0.15) is 5.54 Å². The van der Waals surface area contributed by atoms with Crippen LogP contribution < -0.4 is 5.32 Å². The molecule has 1 fully saturated rings. The monoisotopic (exact) mass is 367 g/mol. The van der Waals surface area contributed by atoms with Gasteiger partial charge in [0.25, 0.3) is 0 Å². The van der Waals surface area contributed by atoms with Crippen molar-refractivity contribution in [2.24, 2.45) is 5.92 Å². The fraction of sp³-hybridized carbons (Fsp3) is 0.625. The molecule has 2 unspecified atom stereocenters. The molecule has 0 radical (unpaired) electrons. The van der Waals surface area contributed by atoms with Crippen LogP contribution >= 0.6 is 27.7 Å². The van der Waals surface area contributed by atoms with Crippen molar-refractivity contribution >= 4 is 27.7 Å². The van der Waals surface area contributed by atoms with Crippen molar-refractivity contribution in [2.75, 3.05) is 12.3 Å². The molecule has 1 saturated carbocycles. The van der Waals surface area contributed by atoms with E-state index in [1.807, 2.05) is 18.3 Å². The molecule has 1 N–H and O–H groups in total. The largest absolute Gasteiger partial charge is 0.299 e. The van der Waals surface area contributed by atoms with Gasteiger partial charge in [0.15, 0.2) is 0 Å². The number of nitrogens with one attached hydrogen (secondary N) is 1. The molecule has 1 aromatic rings. The van der Waals surface area contributed by atoms with Gasteiger partial charge in [-0.25, -0.2) is 4.98 Å². The topological polar surface area (TPSA) is 48.7 Å². The van der Waals surface area contributed by atoms with Gasteiger partial charge in [0.2, 0.25) is 0 Å². The molecule has 0 saturated heterocycles. The predicted octanol–water partition coefficient (Wildman–Crippen LogP) is 4.39. The molecule has 1 aliphatic carbocycles. The molecule has 3 nitrogen and oxygen atoms in total. The Morgan fingerprint density at radius 1 is 1.57 bits per heavy atom. The maximum atomic E-state index is 9.62. The second-order valence-corrected chi connectivity index (χ2v) is 7.58. The molecule has 1 aliphatic rings. The average molecular weight is 368 g/mol. The van der Waals surface area contributed by atoms with Gasteiger partial charge in [-0.3, -0.25) is 5.32 Å². The van der Waals surface area contributed by atoms with E-state index in [9.17, 15) is 5.26 Å². The third-order valence-corrected chi connectivity index (χ3v) is 5.57. The van der Waals surface area contributed by atoms with Crippen LogP contribution in [0.3, 0.4) is 0 Å². The van der Waals surface area contributed by atoms with Crippen molar-refractivity contribution in [3.63, 3.8) is 0 Å². The highest BCUT2D eigenvalue weighted by Gasteiger charge is 2.42. The minimum Gasteiger partial charge on any atom is -0.299 e. The quantitative estimate of drug-likeness (QED) is 0.726. The molecule has 114 valence electrons. The number of hydrogen-bond donors (Lipinski definition) is 1. The molecule has 21 heavy (non-hydrogen) atoms. The van der Waals surface area contributed by atoms with Gasteiger partial charge in [-0.05, 0) is 72.0 Å². The minimum absolute atomic E-state index is 0.288. The molecular weight excluding hydrogens is 346 g/mol. The number of nitriles is 1. The van der Waals surface area contributed by atoms with E-state index < -0.39 is 0 Å². The van der Waals surface area contributed by atoms with E-state index in [1.54, 1.807) is 11.8 Å². The van der Waals surface area contributed by atoms with Crippen LogP contribution in [0.4, 0.5) is 0 Å². The summed E-state index contributed by atoms with van der Waals surface area (Å²) in [6.07, 6.45) is 7.31. The third-order valence-electron chi connectivity index (χ3n) is 4.13. The summed E-state index contributed by atoms with van der Waals surface area (Å²) in [4.78, 5) is 4.38. The lowest BCUT2D eigenvalue weighted by Crippen LogP contribution is -2.47. The van der Waals surface area contributed by atoms with Gasteiger partial charge in [-0.2, -0.15) is 5.26 Å². The zero-order chi connectivity index (χ0) is 15.1. The summed E-state index contributed by atoms with van der Waals surface area (Å²) in [6.45, 7) is 3.09. The minimum atomic E-state index is -0.288. The molecule has 0 amide bonds. The summed E-state index contributed by atoms with van der Waals surface area (Å²) in [6, 6.07) is 6.64. The summed E-state index contributed by atoms with van der Waals surface area (Å²) < 4.78 is 1.01. The van der Waals surface area contributed by atoms with Crippen LogP contribution in [0.5, 0.6) is 0 Å². The van der Waals surface area contributed by atoms with E-state index in [4.69, 9.17) is 0 Å². The summed E-state index contributed by atoms with van der Waals surface area (Å²) >= 11 is 5.18. The van der Waals surface area contributed by atoms with Crippen molar-refractivity contribution in [3.05, 3.63) is 22.8 Å². The Kier molecular flexibility index (Phi) is 6.53. The van der Waals surface area contributed by atoms with Crippen LogP contribution in [-0.2, 0) is 0 Å². The Morgan fingerprint density at radius 2 is 2.43 bits per heavy atom. The summed E-state index contributed by atoms with van der Waals surface area (Å²) in [5, 5.41) is 14.2. The third kappa shape index (κ3) is 4.45. The summed E-state index contributed by atoms with van der Waals surface area (Å²) in [7, 11) is 0. The fourth-order valence-electron chi connectivity index (χ4n) is 2.99. The van der Waals surface area contributed by atoms with E-state index >= 15 is 0 Å². The average Bonchev–Trinajstić information content (AvgIpc) is 2.91. The zero-order valence-electron chi connectivity index (χ0n) is 12.4. The molecule has 2 rings (SSSR count). The maximum absolute atomic E-state index is 9.62. The van der Waals surface area contributed by atoms with Gasteiger partial charge in [-0.1, -0.05) is 13.3 Å². The lowest BCUT2D eigenvalue weighted by atomic mass is 9.86. The first-order valence-electron chi connectivity index (χ1n) is 7.61. The van der Waals surface area contributed by atoms with E-state index in [0.717, 1.165) is 47.5 Å². The number of halogens is 1. The van der Waals surface area contributed by atoms with E-state index in [1.165, 1.54) is 6.42 Å². The lowest BCUT2D eigenvalue weighted by Gasteiger charge is -2.29. The number of aromatic nitrogens is 1. The van der Waals surface area contributed by atoms with Gasteiger partial charge in [-0.15, -0.1) is 11.8 Å². The SMILES string of the molecule is CCCNC1(C#N)CCCC1CCSc1ccc(Br)cn1. The molecule has 0 bridgehead atoms. The molecule has 0 spiro atoms. The Labute approximate surface area is 140 Å². The van der Waals surface area contributed by atoms with E-state index in [2.05, 4.69) is 39.2 Å².